The number of imidazole rings is 1. The lowest BCUT2D eigenvalue weighted by atomic mass is 10.1. The molecule has 0 spiro atoms. The van der Waals surface area contributed by atoms with Crippen LogP contribution in [0, 0.1) is 5.41 Å². The van der Waals surface area contributed by atoms with E-state index >= 15 is 0 Å². The van der Waals surface area contributed by atoms with E-state index < -0.39 is 6.10 Å². The number of benzene rings is 2. The number of nitrogens with one attached hydrogen (secondary N) is 3. The van der Waals surface area contributed by atoms with E-state index in [1.54, 1.807) is 18.2 Å². The highest BCUT2D eigenvalue weighted by Crippen LogP contribution is 2.33. The summed E-state index contributed by atoms with van der Waals surface area (Å²) in [4.78, 5) is 14.2. The van der Waals surface area contributed by atoms with Crippen molar-refractivity contribution in [3.63, 3.8) is 0 Å². The average Bonchev–Trinajstić information content (AvgIpc) is 3.29. The van der Waals surface area contributed by atoms with E-state index in [4.69, 9.17) is 39.1 Å². The summed E-state index contributed by atoms with van der Waals surface area (Å²) in [7, 11) is 0. The Morgan fingerprint density at radius 3 is 2.60 bits per heavy atom. The lowest BCUT2D eigenvalue weighted by Crippen LogP contribution is -2.43. The molecule has 5 N–H and O–H groups in total. The standard InChI is InChI=1S/C25H25Cl2N7O/c1-14(23-18(26)12-31-13-19(23)27)35-16-3-4-20(28)17(11-16)24(29)25-32-21-5-2-15(10-22(21)33-25)34-8-6-30-7-9-34/h2-5,10-14,29-30H,6-9,28H2,1H3,(H,32,33). The smallest absolute Gasteiger partial charge is 0.157 e. The topological polar surface area (TPSA) is 116 Å². The molecule has 4 aromatic rings. The molecule has 1 atom stereocenters. The van der Waals surface area contributed by atoms with Crippen LogP contribution < -0.4 is 20.7 Å². The summed E-state index contributed by atoms with van der Waals surface area (Å²) in [6, 6.07) is 11.3. The van der Waals surface area contributed by atoms with Gasteiger partial charge >= 0.3 is 0 Å². The molecule has 0 radical (unpaired) electrons. The number of H-pyrrole nitrogens is 1. The molecule has 1 fully saturated rings. The largest absolute Gasteiger partial charge is 0.486 e. The minimum absolute atomic E-state index is 0.181. The molecule has 180 valence electrons. The van der Waals surface area contributed by atoms with Gasteiger partial charge in [-0.3, -0.25) is 10.4 Å². The van der Waals surface area contributed by atoms with Gasteiger partial charge in [-0.05, 0) is 43.3 Å². The monoisotopic (exact) mass is 509 g/mol. The summed E-state index contributed by atoms with van der Waals surface area (Å²) in [5, 5.41) is 13.0. The fraction of sp³-hybridized carbons (Fsp3) is 0.240. The second-order valence-corrected chi connectivity index (χ2v) is 9.24. The summed E-state index contributed by atoms with van der Waals surface area (Å²) in [5.41, 5.74) is 10.8. The van der Waals surface area contributed by atoms with Gasteiger partial charge in [0.1, 0.15) is 17.6 Å². The predicted octanol–water partition coefficient (Wildman–Crippen LogP) is 4.81. The number of ether oxygens (including phenoxy) is 1. The Bertz CT molecular complexity index is 1380. The van der Waals surface area contributed by atoms with Crippen molar-refractivity contribution in [1.82, 2.24) is 20.3 Å². The highest BCUT2D eigenvalue weighted by molar-refractivity contribution is 6.35. The highest BCUT2D eigenvalue weighted by Gasteiger charge is 2.19. The van der Waals surface area contributed by atoms with Crippen molar-refractivity contribution in [2.24, 2.45) is 0 Å². The number of piperazine rings is 1. The molecular formula is C25H25Cl2N7O. The van der Waals surface area contributed by atoms with Gasteiger partial charge in [0.15, 0.2) is 5.82 Å². The quantitative estimate of drug-likeness (QED) is 0.219. The van der Waals surface area contributed by atoms with Crippen molar-refractivity contribution in [2.45, 2.75) is 13.0 Å². The maximum Gasteiger partial charge on any atom is 0.157 e. The van der Waals surface area contributed by atoms with Gasteiger partial charge < -0.3 is 25.7 Å². The second kappa shape index (κ2) is 9.73. The first kappa shape index (κ1) is 23.4. The van der Waals surface area contributed by atoms with E-state index in [-0.39, 0.29) is 5.71 Å². The number of aromatic nitrogens is 3. The zero-order chi connectivity index (χ0) is 24.5. The van der Waals surface area contributed by atoms with Crippen LogP contribution in [0.2, 0.25) is 10.0 Å². The maximum atomic E-state index is 8.81. The maximum absolute atomic E-state index is 8.81. The number of halogens is 2. The van der Waals surface area contributed by atoms with Crippen LogP contribution >= 0.6 is 23.2 Å². The number of fused-ring (bicyclic) bond motifs is 1. The lowest BCUT2D eigenvalue weighted by molar-refractivity contribution is 0.227. The molecule has 1 saturated heterocycles. The van der Waals surface area contributed by atoms with Gasteiger partial charge in [-0.2, -0.15) is 0 Å². The van der Waals surface area contributed by atoms with Gasteiger partial charge in [-0.1, -0.05) is 23.2 Å². The van der Waals surface area contributed by atoms with Gasteiger partial charge in [0.05, 0.1) is 21.1 Å². The Hall–Kier alpha value is -3.33. The third-order valence-electron chi connectivity index (χ3n) is 6.09. The van der Waals surface area contributed by atoms with Crippen molar-refractivity contribution >= 4 is 51.3 Å². The number of anilines is 2. The van der Waals surface area contributed by atoms with Gasteiger partial charge in [0.25, 0.3) is 0 Å². The number of rotatable bonds is 6. The summed E-state index contributed by atoms with van der Waals surface area (Å²) in [6.45, 7) is 5.70. The summed E-state index contributed by atoms with van der Waals surface area (Å²) in [6.07, 6.45) is 2.63. The van der Waals surface area contributed by atoms with E-state index in [1.807, 2.05) is 13.0 Å². The number of hydrogen-bond acceptors (Lipinski definition) is 7. The Morgan fingerprint density at radius 1 is 1.11 bits per heavy atom. The number of nitrogen functional groups attached to an aromatic ring is 1. The molecule has 3 heterocycles. The number of nitrogens with zero attached hydrogens (tertiary/aromatic N) is 3. The molecule has 0 bridgehead atoms. The Morgan fingerprint density at radius 2 is 1.86 bits per heavy atom. The van der Waals surface area contributed by atoms with Gasteiger partial charge in [0, 0.05) is 61.1 Å². The average molecular weight is 510 g/mol. The van der Waals surface area contributed by atoms with Crippen molar-refractivity contribution in [3.8, 4) is 5.75 Å². The van der Waals surface area contributed by atoms with E-state index in [0.717, 1.165) is 42.9 Å². The molecule has 2 aromatic carbocycles. The van der Waals surface area contributed by atoms with Crippen LogP contribution in [-0.2, 0) is 0 Å². The van der Waals surface area contributed by atoms with Gasteiger partial charge in [0.2, 0.25) is 0 Å². The molecule has 1 unspecified atom stereocenters. The third kappa shape index (κ3) is 4.77. The SMILES string of the molecule is CC(Oc1ccc(N)c(C(=N)c2nc3ccc(N4CCNCC4)cc3[nH]2)c1)c1c(Cl)cncc1Cl. The van der Waals surface area contributed by atoms with E-state index in [9.17, 15) is 0 Å². The minimum atomic E-state index is -0.432. The molecule has 10 heteroatoms. The first-order valence-corrected chi connectivity index (χ1v) is 12.1. The Balaban J connectivity index is 1.40. The minimum Gasteiger partial charge on any atom is -0.486 e. The molecular weight excluding hydrogens is 485 g/mol. The molecule has 0 amide bonds. The van der Waals surface area contributed by atoms with E-state index in [2.05, 4.69) is 37.3 Å². The van der Waals surface area contributed by atoms with Crippen molar-refractivity contribution in [3.05, 3.63) is 75.8 Å². The molecule has 0 saturated carbocycles. The summed E-state index contributed by atoms with van der Waals surface area (Å²) >= 11 is 12.6. The van der Waals surface area contributed by atoms with E-state index in [0.29, 0.717) is 38.4 Å². The van der Waals surface area contributed by atoms with Gasteiger partial charge in [-0.25, -0.2) is 4.98 Å². The third-order valence-corrected chi connectivity index (χ3v) is 6.69. The van der Waals surface area contributed by atoms with Crippen molar-refractivity contribution < 1.29 is 4.74 Å². The Labute approximate surface area is 212 Å². The number of pyridine rings is 1. The number of nitrogens with two attached hydrogens (primary N) is 1. The number of hydrogen-bond donors (Lipinski definition) is 4. The number of aromatic amines is 1. The van der Waals surface area contributed by atoms with Crippen LogP contribution in [0.25, 0.3) is 11.0 Å². The normalized spacial score (nSPS) is 14.8. The summed E-state index contributed by atoms with van der Waals surface area (Å²) < 4.78 is 6.10. The molecule has 5 rings (SSSR count). The Kier molecular flexibility index (Phi) is 6.51. The molecule has 8 nitrogen and oxygen atoms in total. The van der Waals surface area contributed by atoms with Gasteiger partial charge in [-0.15, -0.1) is 0 Å². The van der Waals surface area contributed by atoms with Crippen molar-refractivity contribution in [2.75, 3.05) is 36.8 Å². The summed E-state index contributed by atoms with van der Waals surface area (Å²) in [5.74, 6) is 0.974. The molecule has 2 aromatic heterocycles. The predicted molar refractivity (Wildman–Crippen MR) is 141 cm³/mol. The second-order valence-electron chi connectivity index (χ2n) is 8.42. The molecule has 1 aliphatic heterocycles. The first-order valence-electron chi connectivity index (χ1n) is 11.3. The van der Waals surface area contributed by atoms with Crippen LogP contribution in [0.1, 0.15) is 30.0 Å². The highest BCUT2D eigenvalue weighted by atomic mass is 35.5. The fourth-order valence-corrected chi connectivity index (χ4v) is 4.93. The van der Waals surface area contributed by atoms with Crippen molar-refractivity contribution in [1.29, 1.82) is 5.41 Å². The lowest BCUT2D eigenvalue weighted by Gasteiger charge is -2.29. The van der Waals surface area contributed by atoms with Crippen LogP contribution in [0.5, 0.6) is 5.75 Å². The molecule has 35 heavy (non-hydrogen) atoms. The fourth-order valence-electron chi connectivity index (χ4n) is 4.26. The first-order chi connectivity index (χ1) is 16.9. The van der Waals surface area contributed by atoms with Crippen LogP contribution in [0.15, 0.2) is 48.8 Å². The molecule has 0 aliphatic carbocycles. The zero-order valence-electron chi connectivity index (χ0n) is 19.1. The van der Waals surface area contributed by atoms with Crippen LogP contribution in [-0.4, -0.2) is 46.8 Å². The van der Waals surface area contributed by atoms with Crippen LogP contribution in [0.3, 0.4) is 0 Å². The van der Waals surface area contributed by atoms with E-state index in [1.165, 1.54) is 12.4 Å². The molecule has 1 aliphatic rings. The zero-order valence-corrected chi connectivity index (χ0v) is 20.6. The van der Waals surface area contributed by atoms with Crippen LogP contribution in [0.4, 0.5) is 11.4 Å².